The predicted octanol–water partition coefficient (Wildman–Crippen LogP) is 5.16. The highest BCUT2D eigenvalue weighted by Crippen LogP contribution is 2.27. The van der Waals surface area contributed by atoms with E-state index in [1.54, 1.807) is 4.90 Å². The molecule has 0 radical (unpaired) electrons. The van der Waals surface area contributed by atoms with E-state index in [1.807, 2.05) is 92.7 Å². The Balaban J connectivity index is 1.73. The minimum Gasteiger partial charge on any atom is -0.352 e. The normalized spacial score (nSPS) is 14.7. The second-order valence-corrected chi connectivity index (χ2v) is 13.0. The maximum Gasteiger partial charge on any atom is 0.244 e. The zero-order chi connectivity index (χ0) is 29.4. The number of amides is 2. The summed E-state index contributed by atoms with van der Waals surface area (Å²) in [5, 5.41) is 3.23. The van der Waals surface area contributed by atoms with Crippen molar-refractivity contribution in [1.29, 1.82) is 0 Å². The quantitative estimate of drug-likeness (QED) is 0.342. The molecule has 0 aliphatic heterocycles. The number of hydrogen-bond acceptors (Lipinski definition) is 4. The van der Waals surface area contributed by atoms with Gasteiger partial charge in [0.25, 0.3) is 0 Å². The Labute approximate surface area is 244 Å². The molecular formula is C33H41N3O4S. The molecule has 0 aromatic heterocycles. The van der Waals surface area contributed by atoms with E-state index in [2.05, 4.69) is 5.32 Å². The Bertz CT molecular complexity index is 1400. The van der Waals surface area contributed by atoms with E-state index in [9.17, 15) is 18.0 Å². The van der Waals surface area contributed by atoms with Gasteiger partial charge < -0.3 is 10.2 Å². The van der Waals surface area contributed by atoms with E-state index in [1.165, 1.54) is 4.31 Å². The third-order valence-electron chi connectivity index (χ3n) is 7.79. The number of benzene rings is 3. The van der Waals surface area contributed by atoms with E-state index < -0.39 is 28.5 Å². The molecule has 4 rings (SSSR count). The van der Waals surface area contributed by atoms with Crippen molar-refractivity contribution in [2.45, 2.75) is 71.0 Å². The maximum absolute atomic E-state index is 14.3. The number of aryl methyl sites for hydroxylation is 2. The fourth-order valence-corrected chi connectivity index (χ4v) is 6.62. The Morgan fingerprint density at radius 1 is 0.829 bits per heavy atom. The first kappa shape index (κ1) is 30.3. The van der Waals surface area contributed by atoms with Gasteiger partial charge in [0.2, 0.25) is 21.8 Å². The van der Waals surface area contributed by atoms with Gasteiger partial charge in [0.05, 0.1) is 11.9 Å². The first-order valence-electron chi connectivity index (χ1n) is 14.3. The van der Waals surface area contributed by atoms with E-state index in [0.717, 1.165) is 60.6 Å². The molecule has 1 aliphatic carbocycles. The lowest BCUT2D eigenvalue weighted by atomic mass is 9.94. The lowest BCUT2D eigenvalue weighted by molar-refractivity contribution is -0.140. The first-order chi connectivity index (χ1) is 19.6. The van der Waals surface area contributed by atoms with Crippen LogP contribution in [0.5, 0.6) is 0 Å². The van der Waals surface area contributed by atoms with Gasteiger partial charge in [-0.3, -0.25) is 13.9 Å². The highest BCUT2D eigenvalue weighted by Gasteiger charge is 2.34. The molecule has 1 fully saturated rings. The van der Waals surface area contributed by atoms with E-state index >= 15 is 0 Å². The highest BCUT2D eigenvalue weighted by molar-refractivity contribution is 7.92. The van der Waals surface area contributed by atoms with Crippen molar-refractivity contribution < 1.29 is 18.0 Å². The third-order valence-corrected chi connectivity index (χ3v) is 8.90. The predicted molar refractivity (Wildman–Crippen MR) is 164 cm³/mol. The average Bonchev–Trinajstić information content (AvgIpc) is 2.95. The number of carbonyl (C=O) groups is 2. The summed E-state index contributed by atoms with van der Waals surface area (Å²) in [5.74, 6) is -0.635. The minimum atomic E-state index is -3.81. The topological polar surface area (TPSA) is 86.8 Å². The standard InChI is InChI=1S/C33H41N3O4S/c1-25-14-13-15-26(2)32(25)36(41(3,39)40)24-31(37)35(23-28-18-9-5-10-19-28)30(22-27-16-7-4-8-17-27)33(38)34-29-20-11-6-12-21-29/h4-5,7-10,13-19,29-30H,6,11-12,20-24H2,1-3H3,(H,34,38)/t30-/m0/s1. The molecule has 1 aliphatic rings. The summed E-state index contributed by atoms with van der Waals surface area (Å²) < 4.78 is 27.3. The van der Waals surface area contributed by atoms with Crippen molar-refractivity contribution in [2.24, 2.45) is 0 Å². The van der Waals surface area contributed by atoms with Gasteiger partial charge in [0.15, 0.2) is 0 Å². The van der Waals surface area contributed by atoms with Crippen molar-refractivity contribution >= 4 is 27.5 Å². The van der Waals surface area contributed by atoms with Crippen LogP contribution in [0.3, 0.4) is 0 Å². The molecule has 3 aromatic rings. The second kappa shape index (κ2) is 13.8. The Hall–Kier alpha value is -3.65. The van der Waals surface area contributed by atoms with Gasteiger partial charge in [-0.2, -0.15) is 0 Å². The molecule has 0 saturated heterocycles. The highest BCUT2D eigenvalue weighted by atomic mass is 32.2. The van der Waals surface area contributed by atoms with Gasteiger partial charge in [0.1, 0.15) is 12.6 Å². The summed E-state index contributed by atoms with van der Waals surface area (Å²) in [6.45, 7) is 3.45. The summed E-state index contributed by atoms with van der Waals surface area (Å²) in [6, 6.07) is 24.0. The van der Waals surface area contributed by atoms with Crippen LogP contribution in [0.2, 0.25) is 0 Å². The largest absolute Gasteiger partial charge is 0.352 e. The zero-order valence-electron chi connectivity index (χ0n) is 24.3. The van der Waals surface area contributed by atoms with Gasteiger partial charge in [-0.15, -0.1) is 0 Å². The Kier molecular flexibility index (Phi) is 10.2. The van der Waals surface area contributed by atoms with Crippen LogP contribution in [0.1, 0.15) is 54.4 Å². The average molecular weight is 576 g/mol. The van der Waals surface area contributed by atoms with E-state index in [4.69, 9.17) is 0 Å². The zero-order valence-corrected chi connectivity index (χ0v) is 25.1. The smallest absolute Gasteiger partial charge is 0.244 e. The summed E-state index contributed by atoms with van der Waals surface area (Å²) in [6.07, 6.45) is 6.58. The van der Waals surface area contributed by atoms with Crippen LogP contribution < -0.4 is 9.62 Å². The van der Waals surface area contributed by atoms with Gasteiger partial charge in [0, 0.05) is 19.0 Å². The number of para-hydroxylation sites is 1. The number of rotatable bonds is 11. The monoisotopic (exact) mass is 575 g/mol. The van der Waals surface area contributed by atoms with Crippen LogP contribution in [0.15, 0.2) is 78.9 Å². The fourth-order valence-electron chi connectivity index (χ4n) is 5.65. The Morgan fingerprint density at radius 2 is 1.39 bits per heavy atom. The molecule has 2 amide bonds. The van der Waals surface area contributed by atoms with Gasteiger partial charge in [-0.1, -0.05) is 98.1 Å². The molecule has 1 saturated carbocycles. The molecule has 0 bridgehead atoms. The van der Waals surface area contributed by atoms with Crippen LogP contribution in [0, 0.1) is 13.8 Å². The number of anilines is 1. The van der Waals surface area contributed by atoms with Gasteiger partial charge in [-0.25, -0.2) is 8.42 Å². The SMILES string of the molecule is Cc1cccc(C)c1N(CC(=O)N(Cc1ccccc1)[C@@H](Cc1ccccc1)C(=O)NC1CCCCC1)S(C)(=O)=O. The van der Waals surface area contributed by atoms with Crippen LogP contribution >= 0.6 is 0 Å². The molecular weight excluding hydrogens is 534 g/mol. The van der Waals surface area contributed by atoms with Crippen LogP contribution in [0.25, 0.3) is 0 Å². The van der Waals surface area contributed by atoms with Crippen molar-refractivity contribution in [3.8, 4) is 0 Å². The molecule has 41 heavy (non-hydrogen) atoms. The van der Waals surface area contributed by atoms with E-state index in [-0.39, 0.29) is 18.5 Å². The molecule has 218 valence electrons. The second-order valence-electron chi connectivity index (χ2n) is 11.1. The number of carbonyl (C=O) groups excluding carboxylic acids is 2. The third kappa shape index (κ3) is 8.19. The van der Waals surface area contributed by atoms with E-state index in [0.29, 0.717) is 12.1 Å². The summed E-state index contributed by atoms with van der Waals surface area (Å²) in [5.41, 5.74) is 3.80. The minimum absolute atomic E-state index is 0.0744. The summed E-state index contributed by atoms with van der Waals surface area (Å²) in [7, 11) is -3.81. The number of hydrogen-bond donors (Lipinski definition) is 1. The van der Waals surface area contributed by atoms with Crippen LogP contribution in [-0.2, 0) is 32.6 Å². The van der Waals surface area contributed by atoms with Crippen molar-refractivity contribution in [2.75, 3.05) is 17.1 Å². The van der Waals surface area contributed by atoms with Crippen LogP contribution in [-0.4, -0.2) is 50.0 Å². The molecule has 8 heteroatoms. The molecule has 1 N–H and O–H groups in total. The maximum atomic E-state index is 14.3. The molecule has 0 heterocycles. The number of sulfonamides is 1. The molecule has 0 unspecified atom stereocenters. The number of nitrogens with zero attached hydrogens (tertiary/aromatic N) is 2. The molecule has 0 spiro atoms. The summed E-state index contributed by atoms with van der Waals surface area (Å²) in [4.78, 5) is 29.8. The fraction of sp³-hybridized carbons (Fsp3) is 0.394. The summed E-state index contributed by atoms with van der Waals surface area (Å²) >= 11 is 0. The Morgan fingerprint density at radius 3 is 1.95 bits per heavy atom. The first-order valence-corrected chi connectivity index (χ1v) is 16.2. The molecule has 1 atom stereocenters. The van der Waals surface area contributed by atoms with Gasteiger partial charge in [-0.05, 0) is 48.9 Å². The molecule has 3 aromatic carbocycles. The van der Waals surface area contributed by atoms with Crippen molar-refractivity contribution in [3.05, 3.63) is 101 Å². The van der Waals surface area contributed by atoms with Crippen LogP contribution in [0.4, 0.5) is 5.69 Å². The molecule has 7 nitrogen and oxygen atoms in total. The van der Waals surface area contributed by atoms with Crippen molar-refractivity contribution in [1.82, 2.24) is 10.2 Å². The lowest BCUT2D eigenvalue weighted by Crippen LogP contribution is -2.55. The lowest BCUT2D eigenvalue weighted by Gasteiger charge is -2.35. The van der Waals surface area contributed by atoms with Gasteiger partial charge >= 0.3 is 0 Å². The number of nitrogens with one attached hydrogen (secondary N) is 1. The van der Waals surface area contributed by atoms with Crippen molar-refractivity contribution in [3.63, 3.8) is 0 Å².